The molecular weight excluding hydrogens is 418 g/mol. The SMILES string of the molecule is CCCCCCCCCCCC1CCC[NH+](CCCCCCCCCCC)C1.[Br-]. The van der Waals surface area contributed by atoms with Crippen molar-refractivity contribution in [3.05, 3.63) is 0 Å². The minimum absolute atomic E-state index is 0. The number of hydrogen-bond donors (Lipinski definition) is 1. The Bertz CT molecular complexity index is 279. The highest BCUT2D eigenvalue weighted by Gasteiger charge is 2.22. The van der Waals surface area contributed by atoms with Gasteiger partial charge in [0.1, 0.15) is 0 Å². The lowest BCUT2D eigenvalue weighted by molar-refractivity contribution is -0.909. The lowest BCUT2D eigenvalue weighted by atomic mass is 9.92. The zero-order valence-corrected chi connectivity index (χ0v) is 22.0. The van der Waals surface area contributed by atoms with Crippen LogP contribution in [0.2, 0.25) is 0 Å². The summed E-state index contributed by atoms with van der Waals surface area (Å²) in [5, 5.41) is 0. The van der Waals surface area contributed by atoms with Gasteiger partial charge in [0.25, 0.3) is 0 Å². The van der Waals surface area contributed by atoms with Crippen molar-refractivity contribution in [3.63, 3.8) is 0 Å². The first-order valence-electron chi connectivity index (χ1n) is 13.7. The third-order valence-electron chi connectivity index (χ3n) is 7.07. The zero-order chi connectivity index (χ0) is 20.1. The maximum atomic E-state index is 2.31. The van der Waals surface area contributed by atoms with Crippen molar-refractivity contribution in [2.24, 2.45) is 5.92 Å². The van der Waals surface area contributed by atoms with E-state index in [2.05, 4.69) is 13.8 Å². The van der Waals surface area contributed by atoms with Crippen LogP contribution in [0, 0.1) is 5.92 Å². The fraction of sp³-hybridized carbons (Fsp3) is 1.00. The van der Waals surface area contributed by atoms with E-state index in [9.17, 15) is 0 Å². The van der Waals surface area contributed by atoms with Gasteiger partial charge in [-0.15, -0.1) is 0 Å². The van der Waals surface area contributed by atoms with Gasteiger partial charge in [0.2, 0.25) is 0 Å². The molecule has 1 fully saturated rings. The van der Waals surface area contributed by atoms with Gasteiger partial charge in [0, 0.05) is 5.92 Å². The highest BCUT2D eigenvalue weighted by molar-refractivity contribution is 4.62. The average molecular weight is 475 g/mol. The zero-order valence-electron chi connectivity index (χ0n) is 20.4. The summed E-state index contributed by atoms with van der Waals surface area (Å²) in [4.78, 5) is 1.94. The molecule has 2 atom stereocenters. The Balaban J connectivity index is 0.00000784. The van der Waals surface area contributed by atoms with Crippen LogP contribution in [0.25, 0.3) is 0 Å². The van der Waals surface area contributed by atoms with Gasteiger partial charge in [-0.3, -0.25) is 0 Å². The fourth-order valence-corrected chi connectivity index (χ4v) is 5.16. The van der Waals surface area contributed by atoms with Gasteiger partial charge in [0.15, 0.2) is 0 Å². The number of unbranched alkanes of at least 4 members (excludes halogenated alkanes) is 16. The predicted molar refractivity (Wildman–Crippen MR) is 127 cm³/mol. The Kier molecular flexibility index (Phi) is 23.5. The van der Waals surface area contributed by atoms with Gasteiger partial charge < -0.3 is 21.9 Å². The van der Waals surface area contributed by atoms with Crippen molar-refractivity contribution in [1.29, 1.82) is 0 Å². The maximum Gasteiger partial charge on any atom is 0.0799 e. The molecule has 2 unspecified atom stereocenters. The Morgan fingerprint density at radius 3 is 1.55 bits per heavy atom. The molecule has 0 aromatic heterocycles. The van der Waals surface area contributed by atoms with E-state index in [0.717, 1.165) is 5.92 Å². The molecule has 29 heavy (non-hydrogen) atoms. The van der Waals surface area contributed by atoms with E-state index < -0.39 is 0 Å². The molecule has 0 aromatic rings. The Hall–Kier alpha value is 0.440. The van der Waals surface area contributed by atoms with Crippen LogP contribution in [0.5, 0.6) is 0 Å². The van der Waals surface area contributed by atoms with Crippen LogP contribution in [0.3, 0.4) is 0 Å². The summed E-state index contributed by atoms with van der Waals surface area (Å²) in [5.74, 6) is 1.05. The van der Waals surface area contributed by atoms with Crippen LogP contribution in [0.1, 0.15) is 149 Å². The average Bonchev–Trinajstić information content (AvgIpc) is 2.72. The molecular formula is C27H56BrN. The molecule has 0 amide bonds. The number of quaternary nitrogens is 1. The van der Waals surface area contributed by atoms with E-state index in [-0.39, 0.29) is 17.0 Å². The van der Waals surface area contributed by atoms with Crippen LogP contribution < -0.4 is 21.9 Å². The van der Waals surface area contributed by atoms with E-state index in [1.807, 2.05) is 4.90 Å². The topological polar surface area (TPSA) is 4.44 Å². The molecule has 1 saturated heterocycles. The lowest BCUT2D eigenvalue weighted by Crippen LogP contribution is -3.13. The number of nitrogens with one attached hydrogen (secondary N) is 1. The van der Waals surface area contributed by atoms with Crippen LogP contribution in [-0.2, 0) is 0 Å². The summed E-state index contributed by atoms with van der Waals surface area (Å²) < 4.78 is 0. The van der Waals surface area contributed by atoms with Gasteiger partial charge in [-0.1, -0.05) is 117 Å². The Morgan fingerprint density at radius 2 is 1.03 bits per heavy atom. The summed E-state index contributed by atoms with van der Waals surface area (Å²) in [6.45, 7) is 9.04. The smallest absolute Gasteiger partial charge is 0.0799 e. The third kappa shape index (κ3) is 18.9. The number of rotatable bonds is 20. The molecule has 0 spiro atoms. The molecule has 1 nitrogen and oxygen atoms in total. The van der Waals surface area contributed by atoms with E-state index >= 15 is 0 Å². The monoisotopic (exact) mass is 473 g/mol. The van der Waals surface area contributed by atoms with Gasteiger partial charge >= 0.3 is 0 Å². The summed E-state index contributed by atoms with van der Waals surface area (Å²) in [5.41, 5.74) is 0. The quantitative estimate of drug-likeness (QED) is 0.243. The Labute approximate surface area is 195 Å². The first kappa shape index (κ1) is 29.4. The first-order chi connectivity index (χ1) is 13.9. The van der Waals surface area contributed by atoms with E-state index in [0.29, 0.717) is 0 Å². The van der Waals surface area contributed by atoms with Crippen molar-refractivity contribution < 1.29 is 21.9 Å². The van der Waals surface area contributed by atoms with E-state index in [1.165, 1.54) is 154 Å². The molecule has 0 saturated carbocycles. The van der Waals surface area contributed by atoms with Gasteiger partial charge in [-0.25, -0.2) is 0 Å². The molecule has 1 aliphatic heterocycles. The minimum Gasteiger partial charge on any atom is -1.00 e. The highest BCUT2D eigenvalue weighted by Crippen LogP contribution is 2.18. The van der Waals surface area contributed by atoms with Crippen LogP contribution in [0.15, 0.2) is 0 Å². The third-order valence-corrected chi connectivity index (χ3v) is 7.07. The highest BCUT2D eigenvalue weighted by atomic mass is 79.9. The largest absolute Gasteiger partial charge is 1.00 e. The van der Waals surface area contributed by atoms with Gasteiger partial charge in [-0.05, 0) is 32.1 Å². The minimum atomic E-state index is 0. The van der Waals surface area contributed by atoms with Crippen LogP contribution in [-0.4, -0.2) is 19.6 Å². The summed E-state index contributed by atoms with van der Waals surface area (Å²) in [6, 6.07) is 0. The molecule has 0 aromatic carbocycles. The van der Waals surface area contributed by atoms with E-state index in [4.69, 9.17) is 0 Å². The van der Waals surface area contributed by atoms with Gasteiger partial charge in [0.05, 0.1) is 19.6 Å². The number of halogens is 1. The summed E-state index contributed by atoms with van der Waals surface area (Å²) in [7, 11) is 0. The normalized spacial score (nSPS) is 19.2. The summed E-state index contributed by atoms with van der Waals surface area (Å²) >= 11 is 0. The molecule has 0 aliphatic carbocycles. The molecule has 2 heteroatoms. The van der Waals surface area contributed by atoms with Gasteiger partial charge in [-0.2, -0.15) is 0 Å². The maximum absolute atomic E-state index is 2.31. The predicted octanol–water partition coefficient (Wildman–Crippen LogP) is 4.74. The second kappa shape index (κ2) is 23.1. The fourth-order valence-electron chi connectivity index (χ4n) is 5.16. The van der Waals surface area contributed by atoms with Crippen molar-refractivity contribution in [3.8, 4) is 0 Å². The number of likely N-dealkylation sites (tertiary alicyclic amines) is 1. The molecule has 1 rings (SSSR count). The molecule has 0 radical (unpaired) electrons. The van der Waals surface area contributed by atoms with E-state index in [1.54, 1.807) is 0 Å². The molecule has 1 N–H and O–H groups in total. The number of piperidine rings is 1. The van der Waals surface area contributed by atoms with Crippen molar-refractivity contribution >= 4 is 0 Å². The molecule has 1 aliphatic rings. The first-order valence-corrected chi connectivity index (χ1v) is 13.7. The van der Waals surface area contributed by atoms with Crippen LogP contribution >= 0.6 is 0 Å². The summed E-state index contributed by atoms with van der Waals surface area (Å²) in [6.07, 6.45) is 31.0. The van der Waals surface area contributed by atoms with Crippen molar-refractivity contribution in [1.82, 2.24) is 0 Å². The standard InChI is InChI=1S/C27H55N.BrH/c1-3-5-7-9-11-13-15-17-19-22-27-23-21-25-28(26-27)24-20-18-16-14-12-10-8-6-4-2;/h27H,3-26H2,1-2H3;1H. The molecule has 176 valence electrons. The van der Waals surface area contributed by atoms with Crippen molar-refractivity contribution in [2.75, 3.05) is 19.6 Å². The van der Waals surface area contributed by atoms with Crippen molar-refractivity contribution in [2.45, 2.75) is 149 Å². The molecule has 1 heterocycles. The molecule has 0 bridgehead atoms. The van der Waals surface area contributed by atoms with Crippen LogP contribution in [0.4, 0.5) is 0 Å². The lowest BCUT2D eigenvalue weighted by Gasteiger charge is -2.30. The number of hydrogen-bond acceptors (Lipinski definition) is 0. The Morgan fingerprint density at radius 1 is 0.586 bits per heavy atom. The second-order valence-electron chi connectivity index (χ2n) is 9.91. The second-order valence-corrected chi connectivity index (χ2v) is 9.91.